The Morgan fingerprint density at radius 1 is 1.13 bits per heavy atom. The first-order valence-electron chi connectivity index (χ1n) is 9.89. The number of anilines is 1. The van der Waals surface area contributed by atoms with Gasteiger partial charge in [-0.25, -0.2) is 8.42 Å². The van der Waals surface area contributed by atoms with Crippen LogP contribution in [0.2, 0.25) is 0 Å². The summed E-state index contributed by atoms with van der Waals surface area (Å²) in [6.45, 7) is 4.59. The highest BCUT2D eigenvalue weighted by Crippen LogP contribution is 2.25. The molecular formula is C22H30N2O5S. The number of carbonyl (C=O) groups excluding carboxylic acids is 1. The second-order valence-corrected chi connectivity index (χ2v) is 8.77. The predicted octanol–water partition coefficient (Wildman–Crippen LogP) is 3.00. The summed E-state index contributed by atoms with van der Waals surface area (Å²) in [5, 5.41) is 2.83. The summed E-state index contributed by atoms with van der Waals surface area (Å²) in [7, 11) is -2.16. The van der Waals surface area contributed by atoms with Gasteiger partial charge in [0.05, 0.1) is 25.7 Å². The zero-order valence-electron chi connectivity index (χ0n) is 17.9. The molecule has 30 heavy (non-hydrogen) atoms. The van der Waals surface area contributed by atoms with Crippen LogP contribution in [-0.4, -0.2) is 46.9 Å². The lowest BCUT2D eigenvalue weighted by Crippen LogP contribution is -2.48. The van der Waals surface area contributed by atoms with Gasteiger partial charge < -0.3 is 14.8 Å². The number of nitrogens with zero attached hydrogens (tertiary/aromatic N) is 1. The van der Waals surface area contributed by atoms with Crippen LogP contribution in [0.25, 0.3) is 0 Å². The molecule has 0 fully saturated rings. The Bertz CT molecular complexity index is 929. The van der Waals surface area contributed by atoms with Gasteiger partial charge in [0.1, 0.15) is 17.5 Å². The van der Waals surface area contributed by atoms with Gasteiger partial charge in [-0.05, 0) is 56.5 Å². The second kappa shape index (κ2) is 10.9. The van der Waals surface area contributed by atoms with Gasteiger partial charge in [0, 0.05) is 12.6 Å². The number of ether oxygens (including phenoxy) is 2. The number of aryl methyl sites for hydroxylation is 1. The van der Waals surface area contributed by atoms with Crippen molar-refractivity contribution in [3.05, 3.63) is 54.1 Å². The van der Waals surface area contributed by atoms with Crippen molar-refractivity contribution in [3.8, 4) is 11.5 Å². The van der Waals surface area contributed by atoms with Crippen molar-refractivity contribution in [2.24, 2.45) is 0 Å². The fraction of sp³-hybridized carbons (Fsp3) is 0.409. The maximum Gasteiger partial charge on any atom is 0.243 e. The molecule has 0 aliphatic carbocycles. The van der Waals surface area contributed by atoms with E-state index in [1.54, 1.807) is 31.2 Å². The zero-order chi connectivity index (χ0) is 22.1. The van der Waals surface area contributed by atoms with Crippen molar-refractivity contribution in [1.29, 1.82) is 0 Å². The number of hydrogen-bond acceptors (Lipinski definition) is 5. The van der Waals surface area contributed by atoms with Crippen molar-refractivity contribution in [2.75, 3.05) is 30.8 Å². The lowest BCUT2D eigenvalue weighted by atomic mass is 10.1. The van der Waals surface area contributed by atoms with Crippen molar-refractivity contribution in [3.63, 3.8) is 0 Å². The van der Waals surface area contributed by atoms with Gasteiger partial charge in [-0.1, -0.05) is 18.2 Å². The number of rotatable bonds is 11. The van der Waals surface area contributed by atoms with Gasteiger partial charge >= 0.3 is 0 Å². The van der Waals surface area contributed by atoms with E-state index in [4.69, 9.17) is 9.47 Å². The van der Waals surface area contributed by atoms with Crippen LogP contribution in [0.15, 0.2) is 48.5 Å². The molecule has 1 atom stereocenters. The smallest absolute Gasteiger partial charge is 0.243 e. The van der Waals surface area contributed by atoms with Crippen molar-refractivity contribution in [2.45, 2.75) is 32.7 Å². The Hall–Kier alpha value is -2.74. The second-order valence-electron chi connectivity index (χ2n) is 6.91. The SMILES string of the molecule is CCOc1ccc(CCCNC(=O)C(C)N(c2cccc(OC)c2)S(C)(=O)=O)cc1. The first-order chi connectivity index (χ1) is 14.3. The van der Waals surface area contributed by atoms with Crippen LogP contribution < -0.4 is 19.1 Å². The summed E-state index contributed by atoms with van der Waals surface area (Å²) in [5.41, 5.74) is 1.53. The number of amides is 1. The molecule has 8 heteroatoms. The summed E-state index contributed by atoms with van der Waals surface area (Å²) >= 11 is 0. The van der Waals surface area contributed by atoms with Crippen LogP contribution in [0.1, 0.15) is 25.8 Å². The van der Waals surface area contributed by atoms with Crippen LogP contribution in [0.3, 0.4) is 0 Å². The minimum Gasteiger partial charge on any atom is -0.497 e. The third kappa shape index (κ3) is 6.66. The summed E-state index contributed by atoms with van der Waals surface area (Å²) < 4.78 is 36.4. The van der Waals surface area contributed by atoms with E-state index in [2.05, 4.69) is 5.32 Å². The molecule has 1 amide bonds. The van der Waals surface area contributed by atoms with Gasteiger partial charge in [0.15, 0.2) is 0 Å². The molecule has 0 spiro atoms. The Labute approximate surface area is 179 Å². The van der Waals surface area contributed by atoms with Crippen LogP contribution in [0, 0.1) is 0 Å². The quantitative estimate of drug-likeness (QED) is 0.550. The molecule has 0 saturated heterocycles. The number of benzene rings is 2. The Morgan fingerprint density at radius 3 is 2.43 bits per heavy atom. The molecule has 0 aliphatic heterocycles. The number of methoxy groups -OCH3 is 1. The van der Waals surface area contributed by atoms with E-state index in [1.807, 2.05) is 31.2 Å². The van der Waals surface area contributed by atoms with Crippen molar-refractivity contribution in [1.82, 2.24) is 5.32 Å². The molecule has 2 rings (SSSR count). The summed E-state index contributed by atoms with van der Waals surface area (Å²) in [6.07, 6.45) is 2.62. The van der Waals surface area contributed by atoms with E-state index >= 15 is 0 Å². The van der Waals surface area contributed by atoms with Crippen molar-refractivity contribution < 1.29 is 22.7 Å². The highest BCUT2D eigenvalue weighted by Gasteiger charge is 2.29. The lowest BCUT2D eigenvalue weighted by Gasteiger charge is -2.28. The number of carbonyl (C=O) groups is 1. The molecule has 164 valence electrons. The lowest BCUT2D eigenvalue weighted by molar-refractivity contribution is -0.121. The zero-order valence-corrected chi connectivity index (χ0v) is 18.7. The predicted molar refractivity (Wildman–Crippen MR) is 119 cm³/mol. The third-order valence-corrected chi connectivity index (χ3v) is 5.81. The minimum absolute atomic E-state index is 0.352. The molecule has 1 N–H and O–H groups in total. The van der Waals surface area contributed by atoms with E-state index in [0.29, 0.717) is 24.6 Å². The molecule has 2 aromatic carbocycles. The molecule has 0 radical (unpaired) electrons. The molecule has 0 aliphatic rings. The van der Waals surface area contributed by atoms with Gasteiger partial charge in [-0.3, -0.25) is 9.10 Å². The topological polar surface area (TPSA) is 84.9 Å². The van der Waals surface area contributed by atoms with Crippen LogP contribution in [-0.2, 0) is 21.2 Å². The molecule has 2 aromatic rings. The van der Waals surface area contributed by atoms with Gasteiger partial charge in [0.2, 0.25) is 15.9 Å². The summed E-state index contributed by atoms with van der Waals surface area (Å²) in [5.74, 6) is 1.00. The van der Waals surface area contributed by atoms with E-state index in [0.717, 1.165) is 34.7 Å². The summed E-state index contributed by atoms with van der Waals surface area (Å²) in [4.78, 5) is 12.6. The Morgan fingerprint density at radius 2 is 1.83 bits per heavy atom. The van der Waals surface area contributed by atoms with E-state index in [-0.39, 0.29) is 5.91 Å². The Balaban J connectivity index is 1.95. The molecule has 0 aromatic heterocycles. The maximum absolute atomic E-state index is 12.6. The summed E-state index contributed by atoms with van der Waals surface area (Å²) in [6, 6.07) is 13.6. The average molecular weight is 435 g/mol. The number of nitrogens with one attached hydrogen (secondary N) is 1. The van der Waals surface area contributed by atoms with Gasteiger partial charge in [0.25, 0.3) is 0 Å². The molecule has 1 unspecified atom stereocenters. The van der Waals surface area contributed by atoms with Crippen LogP contribution >= 0.6 is 0 Å². The average Bonchev–Trinajstić information content (AvgIpc) is 2.71. The van der Waals surface area contributed by atoms with Gasteiger partial charge in [-0.2, -0.15) is 0 Å². The van der Waals surface area contributed by atoms with Crippen LogP contribution in [0.5, 0.6) is 11.5 Å². The Kier molecular flexibility index (Phi) is 8.53. The standard InChI is InChI=1S/C22H30N2O5S/c1-5-29-20-13-11-18(12-14-20)8-7-15-23-22(25)17(2)24(30(4,26)27)19-9-6-10-21(16-19)28-3/h6,9-14,16-17H,5,7-8,15H2,1-4H3,(H,23,25). The molecule has 0 heterocycles. The first kappa shape index (κ1) is 23.5. The van der Waals surface area contributed by atoms with Crippen LogP contribution in [0.4, 0.5) is 5.69 Å². The van der Waals surface area contributed by atoms with Crippen molar-refractivity contribution >= 4 is 21.6 Å². The highest BCUT2D eigenvalue weighted by molar-refractivity contribution is 7.92. The monoisotopic (exact) mass is 434 g/mol. The molecule has 0 bridgehead atoms. The molecule has 7 nitrogen and oxygen atoms in total. The third-order valence-electron chi connectivity index (χ3n) is 4.57. The minimum atomic E-state index is -3.66. The van der Waals surface area contributed by atoms with E-state index < -0.39 is 16.1 Å². The fourth-order valence-electron chi connectivity index (χ4n) is 3.13. The van der Waals surface area contributed by atoms with E-state index in [9.17, 15) is 13.2 Å². The largest absolute Gasteiger partial charge is 0.497 e. The fourth-order valence-corrected chi connectivity index (χ4v) is 4.29. The normalized spacial score (nSPS) is 12.1. The van der Waals surface area contributed by atoms with E-state index in [1.165, 1.54) is 7.11 Å². The number of hydrogen-bond donors (Lipinski definition) is 1. The molecular weight excluding hydrogens is 404 g/mol. The van der Waals surface area contributed by atoms with Gasteiger partial charge in [-0.15, -0.1) is 0 Å². The number of sulfonamides is 1. The molecule has 0 saturated carbocycles. The highest BCUT2D eigenvalue weighted by atomic mass is 32.2. The first-order valence-corrected chi connectivity index (χ1v) is 11.7. The maximum atomic E-state index is 12.6.